The second-order valence-corrected chi connectivity index (χ2v) is 33.7. The SMILES string of the molecule is C=CC(=O)OCCC[Si](C)(C)OC.C=CC(=O)OCCC[Si](O[Si](C)(C)C)(O[Si](C)(C)C)O[Si](C)(C)C. The van der Waals surface area contributed by atoms with Crippen molar-refractivity contribution in [2.75, 3.05) is 20.3 Å². The first-order chi connectivity index (χ1) is 16.6. The highest BCUT2D eigenvalue weighted by atomic mass is 28.5. The number of esters is 2. The number of ether oxygens (including phenoxy) is 2. The van der Waals surface area contributed by atoms with Crippen LogP contribution in [0.3, 0.4) is 0 Å². The average Bonchev–Trinajstić information content (AvgIpc) is 2.70. The second kappa shape index (κ2) is 17.1. The minimum atomic E-state index is -2.82. The highest BCUT2D eigenvalue weighted by Gasteiger charge is 2.49. The van der Waals surface area contributed by atoms with E-state index in [0.717, 1.165) is 12.5 Å². The number of carbonyl (C=O) groups excluding carboxylic acids is 2. The lowest BCUT2D eigenvalue weighted by Crippen LogP contribution is -2.60. The van der Waals surface area contributed by atoms with Gasteiger partial charge in [-0.05, 0) is 90.9 Å². The lowest BCUT2D eigenvalue weighted by molar-refractivity contribution is -0.138. The fourth-order valence-corrected chi connectivity index (χ4v) is 18.8. The summed E-state index contributed by atoms with van der Waals surface area (Å²) in [6.07, 6.45) is 3.90. The Morgan fingerprint density at radius 2 is 0.946 bits per heavy atom. The van der Waals surface area contributed by atoms with Gasteiger partial charge in [-0.25, -0.2) is 9.59 Å². The molecule has 37 heavy (non-hydrogen) atoms. The molecule has 0 aromatic carbocycles. The smallest absolute Gasteiger partial charge is 0.463 e. The molecule has 0 radical (unpaired) electrons. The summed E-state index contributed by atoms with van der Waals surface area (Å²) >= 11 is 0. The van der Waals surface area contributed by atoms with E-state index in [2.05, 4.69) is 85.2 Å². The molecule has 0 fully saturated rings. The normalized spacial score (nSPS) is 12.8. The van der Waals surface area contributed by atoms with Crippen molar-refractivity contribution in [2.24, 2.45) is 0 Å². The van der Waals surface area contributed by atoms with Crippen LogP contribution >= 0.6 is 0 Å². The van der Waals surface area contributed by atoms with Crippen LogP contribution in [0.4, 0.5) is 0 Å². The Labute approximate surface area is 232 Å². The molecule has 0 heterocycles. The van der Waals surface area contributed by atoms with Crippen LogP contribution in [0.1, 0.15) is 12.8 Å². The third kappa shape index (κ3) is 24.1. The number of hydrogen-bond donors (Lipinski definition) is 0. The van der Waals surface area contributed by atoms with Gasteiger partial charge in [0.2, 0.25) is 0 Å². The van der Waals surface area contributed by atoms with Crippen molar-refractivity contribution in [3.63, 3.8) is 0 Å². The third-order valence-corrected chi connectivity index (χ3v) is 19.0. The van der Waals surface area contributed by atoms with E-state index in [-0.39, 0.29) is 5.97 Å². The van der Waals surface area contributed by atoms with Gasteiger partial charge in [0, 0.05) is 25.3 Å². The maximum absolute atomic E-state index is 11.2. The largest absolute Gasteiger partial charge is 0.469 e. The van der Waals surface area contributed by atoms with Gasteiger partial charge in [0.05, 0.1) is 13.2 Å². The van der Waals surface area contributed by atoms with Crippen LogP contribution in [0.15, 0.2) is 25.3 Å². The standard InChI is InChI=1S/C15H36O5Si4.C9H18O3Si/c1-11-15(16)17-13-12-14-24(18-21(2,3)4,19-22(5,6)7)20-23(8,9)10;1-5-9(10)12-7-6-8-13(3,4)11-2/h11H,1,12-14H2,2-10H3;5H,1,6-8H2,2-4H3. The van der Waals surface area contributed by atoms with Crippen LogP contribution in [0.2, 0.25) is 84.1 Å². The number of rotatable bonds is 17. The van der Waals surface area contributed by atoms with Gasteiger partial charge in [-0.3, -0.25) is 0 Å². The van der Waals surface area contributed by atoms with Crippen LogP contribution in [0, 0.1) is 0 Å². The summed E-state index contributed by atoms with van der Waals surface area (Å²) in [4.78, 5) is 21.9. The third-order valence-electron chi connectivity index (χ3n) is 4.31. The zero-order valence-corrected chi connectivity index (χ0v) is 30.6. The molecule has 0 amide bonds. The van der Waals surface area contributed by atoms with E-state index >= 15 is 0 Å². The minimum absolute atomic E-state index is 0.332. The minimum Gasteiger partial charge on any atom is -0.463 e. The Bertz CT molecular complexity index is 669. The van der Waals surface area contributed by atoms with Crippen molar-refractivity contribution in [3.05, 3.63) is 25.3 Å². The van der Waals surface area contributed by atoms with Crippen molar-refractivity contribution >= 4 is 54.0 Å². The summed E-state index contributed by atoms with van der Waals surface area (Å²) in [5.74, 6) is -0.748. The van der Waals surface area contributed by atoms with Gasteiger partial charge in [-0.15, -0.1) is 0 Å². The summed E-state index contributed by atoms with van der Waals surface area (Å²) in [5.41, 5.74) is 0. The van der Waals surface area contributed by atoms with Crippen LogP contribution in [0.25, 0.3) is 0 Å². The lowest BCUT2D eigenvalue weighted by Gasteiger charge is -2.42. The van der Waals surface area contributed by atoms with Gasteiger partial charge in [-0.2, -0.15) is 0 Å². The Balaban J connectivity index is 0. The molecule has 0 unspecified atom stereocenters. The quantitative estimate of drug-likeness (QED) is 0.0792. The zero-order valence-electron chi connectivity index (χ0n) is 25.6. The fourth-order valence-electron chi connectivity index (χ4n) is 2.97. The van der Waals surface area contributed by atoms with Crippen LogP contribution < -0.4 is 0 Å². The predicted molar refractivity (Wildman–Crippen MR) is 165 cm³/mol. The summed E-state index contributed by atoms with van der Waals surface area (Å²) < 4.78 is 35.0. The Morgan fingerprint density at radius 1 is 0.622 bits per heavy atom. The lowest BCUT2D eigenvalue weighted by atomic mass is 10.5. The van der Waals surface area contributed by atoms with Crippen molar-refractivity contribution in [1.82, 2.24) is 0 Å². The van der Waals surface area contributed by atoms with E-state index in [9.17, 15) is 9.59 Å². The molecule has 0 aromatic rings. The highest BCUT2D eigenvalue weighted by Crippen LogP contribution is 2.29. The molecule has 0 bridgehead atoms. The molecule has 0 aromatic heterocycles. The molecule has 0 saturated carbocycles. The first-order valence-corrected chi connectivity index (χ1v) is 28.1. The Kier molecular flexibility index (Phi) is 17.8. The van der Waals surface area contributed by atoms with Crippen molar-refractivity contribution in [2.45, 2.75) is 96.9 Å². The van der Waals surface area contributed by atoms with Gasteiger partial charge in [0.25, 0.3) is 0 Å². The van der Waals surface area contributed by atoms with Crippen LogP contribution in [-0.4, -0.2) is 74.3 Å². The molecule has 0 aliphatic rings. The molecule has 13 heteroatoms. The van der Waals surface area contributed by atoms with Gasteiger partial charge >= 0.3 is 20.7 Å². The highest BCUT2D eigenvalue weighted by molar-refractivity contribution is 6.90. The summed E-state index contributed by atoms with van der Waals surface area (Å²) in [5, 5.41) is 0. The van der Waals surface area contributed by atoms with E-state index in [0.29, 0.717) is 25.7 Å². The van der Waals surface area contributed by atoms with Crippen molar-refractivity contribution in [1.29, 1.82) is 0 Å². The topological polar surface area (TPSA) is 89.5 Å². The van der Waals surface area contributed by atoms with Gasteiger partial charge in [-0.1, -0.05) is 13.2 Å². The molecule has 0 atom stereocenters. The van der Waals surface area contributed by atoms with Gasteiger partial charge in [0.15, 0.2) is 33.3 Å². The second-order valence-electron chi connectivity index (χ2n) is 12.2. The summed E-state index contributed by atoms with van der Waals surface area (Å²) in [7, 11) is -8.10. The van der Waals surface area contributed by atoms with Crippen LogP contribution in [0.5, 0.6) is 0 Å². The van der Waals surface area contributed by atoms with E-state index in [4.69, 9.17) is 26.2 Å². The maximum atomic E-state index is 11.2. The monoisotopic (exact) mass is 610 g/mol. The molecule has 8 nitrogen and oxygen atoms in total. The molecular formula is C24H54O8Si5. The molecule has 0 N–H and O–H groups in total. The van der Waals surface area contributed by atoms with Gasteiger partial charge in [0.1, 0.15) is 0 Å². The fraction of sp³-hybridized carbons (Fsp3) is 0.750. The van der Waals surface area contributed by atoms with Crippen molar-refractivity contribution in [3.8, 4) is 0 Å². The number of hydrogen-bond acceptors (Lipinski definition) is 8. The average molecular weight is 611 g/mol. The van der Waals surface area contributed by atoms with Crippen molar-refractivity contribution < 1.29 is 35.8 Å². The molecule has 218 valence electrons. The van der Waals surface area contributed by atoms with Crippen LogP contribution in [-0.2, 0) is 35.8 Å². The molecule has 0 aliphatic carbocycles. The van der Waals surface area contributed by atoms with E-state index in [1.165, 1.54) is 12.2 Å². The first kappa shape index (κ1) is 38.5. The number of carbonyl (C=O) groups is 2. The Hall–Kier alpha value is -0.656. The van der Waals surface area contributed by atoms with E-state index < -0.39 is 48.0 Å². The summed E-state index contributed by atoms with van der Waals surface area (Å²) in [6, 6.07) is 1.68. The molecular weight excluding hydrogens is 557 g/mol. The van der Waals surface area contributed by atoms with E-state index in [1.54, 1.807) is 7.11 Å². The van der Waals surface area contributed by atoms with Gasteiger partial charge < -0.3 is 26.2 Å². The molecule has 0 saturated heterocycles. The predicted octanol–water partition coefficient (Wildman–Crippen LogP) is 6.56. The molecule has 0 rings (SSSR count). The summed E-state index contributed by atoms with van der Waals surface area (Å²) in [6.45, 7) is 31.2. The zero-order chi connectivity index (χ0) is 29.6. The Morgan fingerprint density at radius 3 is 1.22 bits per heavy atom. The molecule has 0 aliphatic heterocycles. The first-order valence-electron chi connectivity index (χ1n) is 12.8. The maximum Gasteiger partial charge on any atom is 0.469 e. The molecule has 0 spiro atoms. The van der Waals surface area contributed by atoms with E-state index in [1.807, 2.05) is 0 Å².